The van der Waals surface area contributed by atoms with Gasteiger partial charge in [0.2, 0.25) is 0 Å². The van der Waals surface area contributed by atoms with Crippen LogP contribution in [0.2, 0.25) is 0 Å². The van der Waals surface area contributed by atoms with Crippen molar-refractivity contribution in [2.75, 3.05) is 18.5 Å². The number of rotatable bonds is 7. The number of nitrogens with zero attached hydrogens (tertiary/aromatic N) is 1. The van der Waals surface area contributed by atoms with Crippen LogP contribution in [0.5, 0.6) is 11.5 Å². The zero-order chi connectivity index (χ0) is 18.8. The van der Waals surface area contributed by atoms with Crippen LogP contribution in [-0.4, -0.2) is 23.4 Å². The van der Waals surface area contributed by atoms with Gasteiger partial charge in [0.25, 0.3) is 0 Å². The summed E-state index contributed by atoms with van der Waals surface area (Å²) >= 11 is 0. The molecular formula is C22H25N3O2. The van der Waals surface area contributed by atoms with Gasteiger partial charge in [0.1, 0.15) is 0 Å². The van der Waals surface area contributed by atoms with Crippen LogP contribution in [-0.2, 0) is 12.8 Å². The minimum Gasteiger partial charge on any atom is -0.490 e. The molecule has 0 radical (unpaired) electrons. The van der Waals surface area contributed by atoms with Crippen molar-refractivity contribution in [3.05, 3.63) is 53.1 Å². The van der Waals surface area contributed by atoms with Gasteiger partial charge >= 0.3 is 0 Å². The maximum Gasteiger partial charge on any atom is 0.161 e. The Hall–Kier alpha value is -2.95. The number of fused-ring (bicyclic) bond motifs is 3. The number of anilines is 2. The average Bonchev–Trinajstić information content (AvgIpc) is 3.22. The zero-order valence-electron chi connectivity index (χ0n) is 16.1. The monoisotopic (exact) mass is 363 g/mol. The number of aromatic amines is 1. The smallest absolute Gasteiger partial charge is 0.161 e. The molecule has 1 heterocycles. The minimum absolute atomic E-state index is 0.606. The Morgan fingerprint density at radius 2 is 1.81 bits per heavy atom. The fourth-order valence-corrected chi connectivity index (χ4v) is 3.58. The molecule has 0 amide bonds. The van der Waals surface area contributed by atoms with E-state index in [2.05, 4.69) is 58.8 Å². The van der Waals surface area contributed by atoms with Crippen LogP contribution in [0.4, 0.5) is 11.5 Å². The van der Waals surface area contributed by atoms with Crippen molar-refractivity contribution in [2.24, 2.45) is 0 Å². The number of aromatic nitrogens is 2. The molecule has 0 fully saturated rings. The van der Waals surface area contributed by atoms with E-state index in [0.717, 1.165) is 47.1 Å². The lowest BCUT2D eigenvalue weighted by Gasteiger charge is -2.13. The van der Waals surface area contributed by atoms with Crippen molar-refractivity contribution in [3.8, 4) is 22.8 Å². The van der Waals surface area contributed by atoms with Gasteiger partial charge in [0.15, 0.2) is 17.3 Å². The van der Waals surface area contributed by atoms with E-state index in [1.807, 2.05) is 13.8 Å². The normalized spacial score (nSPS) is 11.8. The highest BCUT2D eigenvalue weighted by molar-refractivity contribution is 5.81. The van der Waals surface area contributed by atoms with Gasteiger partial charge in [-0.2, -0.15) is 5.10 Å². The van der Waals surface area contributed by atoms with Crippen molar-refractivity contribution in [1.82, 2.24) is 10.2 Å². The second-order valence-electron chi connectivity index (χ2n) is 6.60. The first-order valence-electron chi connectivity index (χ1n) is 9.59. The standard InChI is InChI=1S/C22H25N3O2/c1-4-14-8-7-9-16(10-14)23-22-18-11-15-12-19(26-5-2)20(27-6-3)13-17(15)21(18)24-25-22/h7-10,12-13H,4-6,11H2,1-3H3,(H2,23,24,25). The number of H-pyrrole nitrogens is 1. The molecule has 5 heteroatoms. The molecular weight excluding hydrogens is 338 g/mol. The number of benzene rings is 2. The molecule has 0 aliphatic heterocycles. The van der Waals surface area contributed by atoms with Crippen LogP contribution in [0.3, 0.4) is 0 Å². The summed E-state index contributed by atoms with van der Waals surface area (Å²) in [4.78, 5) is 0. The summed E-state index contributed by atoms with van der Waals surface area (Å²) in [5, 5.41) is 11.2. The number of nitrogens with one attached hydrogen (secondary N) is 2. The maximum absolute atomic E-state index is 5.78. The largest absolute Gasteiger partial charge is 0.490 e. The molecule has 0 bridgehead atoms. The van der Waals surface area contributed by atoms with Crippen molar-refractivity contribution < 1.29 is 9.47 Å². The maximum atomic E-state index is 5.78. The van der Waals surface area contributed by atoms with Crippen LogP contribution in [0, 0.1) is 0 Å². The van der Waals surface area contributed by atoms with Gasteiger partial charge in [-0.05, 0) is 55.7 Å². The molecule has 0 unspecified atom stereocenters. The molecule has 1 aliphatic rings. The van der Waals surface area contributed by atoms with Crippen molar-refractivity contribution in [3.63, 3.8) is 0 Å². The SMILES string of the molecule is CCOc1cc2c(cc1OCC)-c1[nH]nc(Nc3cccc(CC)c3)c1C2. The number of hydrogen-bond donors (Lipinski definition) is 2. The molecule has 3 aromatic rings. The summed E-state index contributed by atoms with van der Waals surface area (Å²) in [6, 6.07) is 12.6. The summed E-state index contributed by atoms with van der Waals surface area (Å²) < 4.78 is 11.6. The van der Waals surface area contributed by atoms with Crippen LogP contribution >= 0.6 is 0 Å². The van der Waals surface area contributed by atoms with Crippen LogP contribution in [0.25, 0.3) is 11.3 Å². The summed E-state index contributed by atoms with van der Waals surface area (Å²) in [6.07, 6.45) is 1.84. The van der Waals surface area contributed by atoms with E-state index in [1.165, 1.54) is 16.7 Å². The summed E-state index contributed by atoms with van der Waals surface area (Å²) in [6.45, 7) is 7.36. The second-order valence-corrected chi connectivity index (χ2v) is 6.60. The molecule has 2 aromatic carbocycles. The Morgan fingerprint density at radius 1 is 1.04 bits per heavy atom. The predicted molar refractivity (Wildman–Crippen MR) is 108 cm³/mol. The topological polar surface area (TPSA) is 59.2 Å². The molecule has 0 spiro atoms. The highest BCUT2D eigenvalue weighted by atomic mass is 16.5. The van der Waals surface area contributed by atoms with Gasteiger partial charge in [0, 0.05) is 23.2 Å². The lowest BCUT2D eigenvalue weighted by molar-refractivity contribution is 0.287. The van der Waals surface area contributed by atoms with Crippen molar-refractivity contribution >= 4 is 11.5 Å². The molecule has 140 valence electrons. The fraction of sp³-hybridized carbons (Fsp3) is 0.318. The first kappa shape index (κ1) is 17.5. The Balaban J connectivity index is 1.66. The van der Waals surface area contributed by atoms with Gasteiger partial charge in [0.05, 0.1) is 18.9 Å². The quantitative estimate of drug-likeness (QED) is 0.480. The van der Waals surface area contributed by atoms with Crippen molar-refractivity contribution in [2.45, 2.75) is 33.6 Å². The molecule has 1 aliphatic carbocycles. The molecule has 0 saturated carbocycles. The fourth-order valence-electron chi connectivity index (χ4n) is 3.58. The zero-order valence-corrected chi connectivity index (χ0v) is 16.1. The van der Waals surface area contributed by atoms with E-state index in [9.17, 15) is 0 Å². The van der Waals surface area contributed by atoms with E-state index in [0.29, 0.717) is 13.2 Å². The Bertz CT molecular complexity index is 962. The van der Waals surface area contributed by atoms with Gasteiger partial charge in [-0.1, -0.05) is 19.1 Å². The molecule has 2 N–H and O–H groups in total. The summed E-state index contributed by atoms with van der Waals surface area (Å²) in [7, 11) is 0. The first-order valence-corrected chi connectivity index (χ1v) is 9.59. The predicted octanol–water partition coefficient (Wildman–Crippen LogP) is 5.08. The highest BCUT2D eigenvalue weighted by Gasteiger charge is 2.27. The van der Waals surface area contributed by atoms with E-state index in [-0.39, 0.29) is 0 Å². The number of ether oxygens (including phenoxy) is 2. The van der Waals surface area contributed by atoms with Gasteiger partial charge in [-0.15, -0.1) is 0 Å². The Morgan fingerprint density at radius 3 is 2.56 bits per heavy atom. The second kappa shape index (κ2) is 7.35. The van der Waals surface area contributed by atoms with E-state index in [4.69, 9.17) is 9.47 Å². The first-order chi connectivity index (χ1) is 13.2. The average molecular weight is 363 g/mol. The van der Waals surface area contributed by atoms with Gasteiger partial charge in [-0.3, -0.25) is 5.10 Å². The van der Waals surface area contributed by atoms with Gasteiger partial charge in [-0.25, -0.2) is 0 Å². The van der Waals surface area contributed by atoms with E-state index in [1.54, 1.807) is 0 Å². The van der Waals surface area contributed by atoms with E-state index >= 15 is 0 Å². The third-order valence-electron chi connectivity index (χ3n) is 4.87. The third-order valence-corrected chi connectivity index (χ3v) is 4.87. The summed E-state index contributed by atoms with van der Waals surface area (Å²) in [5.41, 5.74) is 6.98. The Labute approximate surface area is 159 Å². The molecule has 5 nitrogen and oxygen atoms in total. The number of aryl methyl sites for hydroxylation is 1. The lowest BCUT2D eigenvalue weighted by Crippen LogP contribution is -2.00. The third kappa shape index (κ3) is 3.25. The summed E-state index contributed by atoms with van der Waals surface area (Å²) in [5.74, 6) is 2.47. The lowest BCUT2D eigenvalue weighted by atomic mass is 10.1. The van der Waals surface area contributed by atoms with E-state index < -0.39 is 0 Å². The Kier molecular flexibility index (Phi) is 4.75. The molecule has 1 aromatic heterocycles. The van der Waals surface area contributed by atoms with Crippen LogP contribution in [0.15, 0.2) is 36.4 Å². The molecule has 0 atom stereocenters. The number of hydrogen-bond acceptors (Lipinski definition) is 4. The van der Waals surface area contributed by atoms with Gasteiger partial charge < -0.3 is 14.8 Å². The van der Waals surface area contributed by atoms with Crippen molar-refractivity contribution in [1.29, 1.82) is 0 Å². The molecule has 4 rings (SSSR count). The molecule has 0 saturated heterocycles. The highest BCUT2D eigenvalue weighted by Crippen LogP contribution is 2.44. The minimum atomic E-state index is 0.606. The van der Waals surface area contributed by atoms with Crippen LogP contribution in [0.1, 0.15) is 37.5 Å². The van der Waals surface area contributed by atoms with Crippen LogP contribution < -0.4 is 14.8 Å². The molecule has 27 heavy (non-hydrogen) atoms.